The van der Waals surface area contributed by atoms with Gasteiger partial charge in [0.05, 0.1) is 19.9 Å². The molecule has 2 aromatic rings. The minimum absolute atomic E-state index is 0.377. The number of aromatic nitrogens is 1. The number of nitrogens with two attached hydrogens (primary N) is 1. The summed E-state index contributed by atoms with van der Waals surface area (Å²) in [6.07, 6.45) is 0. The van der Waals surface area contributed by atoms with E-state index in [9.17, 15) is 4.79 Å². The van der Waals surface area contributed by atoms with Crippen LogP contribution in [0.4, 0.5) is 5.69 Å². The summed E-state index contributed by atoms with van der Waals surface area (Å²) in [5.41, 5.74) is 8.59. The highest BCUT2D eigenvalue weighted by Gasteiger charge is 2.15. The fraction of sp³-hybridized carbons (Fsp3) is 0.250. The van der Waals surface area contributed by atoms with Crippen molar-refractivity contribution >= 4 is 22.6 Å². The molecule has 0 fully saturated rings. The lowest BCUT2D eigenvalue weighted by Crippen LogP contribution is -2.00. The van der Waals surface area contributed by atoms with E-state index in [0.29, 0.717) is 17.1 Å². The number of ether oxygens (including phenoxy) is 2. The standard InChI is InChI=1S/C12H14N2O3/c1-6-4-8-7(10(13)11(6)16-2)5-9(14-8)12(15)17-3/h4-5,14H,13H2,1-3H3. The van der Waals surface area contributed by atoms with E-state index in [1.807, 2.05) is 13.0 Å². The number of benzene rings is 1. The number of hydrogen-bond acceptors (Lipinski definition) is 4. The summed E-state index contributed by atoms with van der Waals surface area (Å²) in [7, 11) is 2.90. The number of nitrogens with one attached hydrogen (secondary N) is 1. The Morgan fingerprint density at radius 1 is 1.35 bits per heavy atom. The van der Waals surface area contributed by atoms with Crippen molar-refractivity contribution in [1.82, 2.24) is 4.98 Å². The van der Waals surface area contributed by atoms with Crippen LogP contribution < -0.4 is 10.5 Å². The van der Waals surface area contributed by atoms with Gasteiger partial charge in [-0.05, 0) is 24.6 Å². The number of H-pyrrole nitrogens is 1. The summed E-state index contributed by atoms with van der Waals surface area (Å²) in [6.45, 7) is 1.90. The number of carbonyl (C=O) groups excluding carboxylic acids is 1. The number of aryl methyl sites for hydroxylation is 1. The second-order valence-corrected chi connectivity index (χ2v) is 3.78. The minimum atomic E-state index is -0.419. The van der Waals surface area contributed by atoms with Gasteiger partial charge in [0, 0.05) is 10.9 Å². The van der Waals surface area contributed by atoms with Gasteiger partial charge in [0.2, 0.25) is 0 Å². The van der Waals surface area contributed by atoms with E-state index >= 15 is 0 Å². The number of hydrogen-bond donors (Lipinski definition) is 2. The number of methoxy groups -OCH3 is 2. The van der Waals surface area contributed by atoms with E-state index in [4.69, 9.17) is 10.5 Å². The van der Waals surface area contributed by atoms with E-state index < -0.39 is 5.97 Å². The first-order valence-electron chi connectivity index (χ1n) is 5.12. The summed E-state index contributed by atoms with van der Waals surface area (Å²) in [4.78, 5) is 14.4. The molecule has 90 valence electrons. The van der Waals surface area contributed by atoms with Crippen molar-refractivity contribution in [2.24, 2.45) is 0 Å². The zero-order valence-electron chi connectivity index (χ0n) is 9.96. The van der Waals surface area contributed by atoms with Crippen molar-refractivity contribution in [3.05, 3.63) is 23.4 Å². The SMILES string of the molecule is COC(=O)c1cc2c(N)c(OC)c(C)cc2[nH]1. The van der Waals surface area contributed by atoms with Crippen LogP contribution in [0.25, 0.3) is 10.9 Å². The van der Waals surface area contributed by atoms with Crippen LogP contribution >= 0.6 is 0 Å². The maximum Gasteiger partial charge on any atom is 0.354 e. The molecule has 5 nitrogen and oxygen atoms in total. The van der Waals surface area contributed by atoms with Crippen molar-refractivity contribution in [1.29, 1.82) is 0 Å². The molecule has 0 unspecified atom stereocenters. The number of nitrogen functional groups attached to an aromatic ring is 1. The molecule has 0 radical (unpaired) electrons. The second-order valence-electron chi connectivity index (χ2n) is 3.78. The van der Waals surface area contributed by atoms with E-state index in [1.165, 1.54) is 7.11 Å². The summed E-state index contributed by atoms with van der Waals surface area (Å²) < 4.78 is 9.88. The van der Waals surface area contributed by atoms with Crippen LogP contribution in [0.2, 0.25) is 0 Å². The predicted molar refractivity (Wildman–Crippen MR) is 65.3 cm³/mol. The van der Waals surface area contributed by atoms with Crippen LogP contribution in [0.3, 0.4) is 0 Å². The highest BCUT2D eigenvalue weighted by molar-refractivity contribution is 6.01. The van der Waals surface area contributed by atoms with Crippen LogP contribution in [0, 0.1) is 6.92 Å². The largest absolute Gasteiger partial charge is 0.494 e. The van der Waals surface area contributed by atoms with Crippen molar-refractivity contribution < 1.29 is 14.3 Å². The van der Waals surface area contributed by atoms with Gasteiger partial charge in [-0.3, -0.25) is 0 Å². The smallest absolute Gasteiger partial charge is 0.354 e. The number of rotatable bonds is 2. The van der Waals surface area contributed by atoms with Crippen molar-refractivity contribution in [2.45, 2.75) is 6.92 Å². The van der Waals surface area contributed by atoms with E-state index in [2.05, 4.69) is 9.72 Å². The third-order valence-corrected chi connectivity index (χ3v) is 2.71. The predicted octanol–water partition coefficient (Wildman–Crippen LogP) is 1.85. The number of fused-ring (bicyclic) bond motifs is 1. The van der Waals surface area contributed by atoms with Crippen LogP contribution in [0.1, 0.15) is 16.1 Å². The molecular weight excluding hydrogens is 220 g/mol. The van der Waals surface area contributed by atoms with Crippen molar-refractivity contribution in [3.8, 4) is 5.75 Å². The van der Waals surface area contributed by atoms with Crippen molar-refractivity contribution in [3.63, 3.8) is 0 Å². The first-order valence-corrected chi connectivity index (χ1v) is 5.12. The average Bonchev–Trinajstić information content (AvgIpc) is 2.72. The number of aromatic amines is 1. The lowest BCUT2D eigenvalue weighted by molar-refractivity contribution is 0.0595. The third-order valence-electron chi connectivity index (χ3n) is 2.71. The molecule has 0 amide bonds. The monoisotopic (exact) mass is 234 g/mol. The van der Waals surface area contributed by atoms with Gasteiger partial charge in [-0.25, -0.2) is 4.79 Å². The molecule has 3 N–H and O–H groups in total. The Morgan fingerprint density at radius 2 is 2.06 bits per heavy atom. The van der Waals surface area contributed by atoms with Gasteiger partial charge >= 0.3 is 5.97 Å². The molecule has 1 heterocycles. The summed E-state index contributed by atoms with van der Waals surface area (Å²) in [5.74, 6) is 0.213. The molecule has 0 saturated carbocycles. The molecule has 2 rings (SSSR count). The number of carbonyl (C=O) groups is 1. The van der Waals surface area contributed by atoms with E-state index in [-0.39, 0.29) is 0 Å². The zero-order valence-corrected chi connectivity index (χ0v) is 9.96. The maximum absolute atomic E-state index is 11.4. The Morgan fingerprint density at radius 3 is 2.65 bits per heavy atom. The molecule has 0 aliphatic carbocycles. The van der Waals surface area contributed by atoms with Crippen LogP contribution in [0.15, 0.2) is 12.1 Å². The number of anilines is 1. The molecule has 0 aliphatic heterocycles. The Kier molecular flexibility index (Phi) is 2.67. The zero-order chi connectivity index (χ0) is 12.6. The van der Waals surface area contributed by atoms with Crippen LogP contribution in [0.5, 0.6) is 5.75 Å². The molecule has 17 heavy (non-hydrogen) atoms. The summed E-state index contributed by atoms with van der Waals surface area (Å²) in [5, 5.41) is 0.757. The van der Waals surface area contributed by atoms with Crippen LogP contribution in [-0.4, -0.2) is 25.2 Å². The fourth-order valence-corrected chi connectivity index (χ4v) is 1.91. The van der Waals surface area contributed by atoms with E-state index in [1.54, 1.807) is 13.2 Å². The molecule has 1 aromatic heterocycles. The normalized spacial score (nSPS) is 10.5. The molecule has 0 aliphatic rings. The van der Waals surface area contributed by atoms with Gasteiger partial charge in [0.15, 0.2) is 0 Å². The van der Waals surface area contributed by atoms with Gasteiger partial charge < -0.3 is 20.2 Å². The second kappa shape index (κ2) is 4.01. The molecular formula is C12H14N2O3. The Labute approximate surface area is 98.5 Å². The first-order chi connectivity index (χ1) is 8.08. The molecule has 5 heteroatoms. The Balaban J connectivity index is 2.69. The summed E-state index contributed by atoms with van der Waals surface area (Å²) in [6, 6.07) is 3.55. The van der Waals surface area contributed by atoms with Gasteiger partial charge in [0.1, 0.15) is 11.4 Å². The number of esters is 1. The van der Waals surface area contributed by atoms with Crippen LogP contribution in [-0.2, 0) is 4.74 Å². The van der Waals surface area contributed by atoms with Gasteiger partial charge in [-0.1, -0.05) is 0 Å². The first kappa shape index (κ1) is 11.3. The van der Waals surface area contributed by atoms with Crippen molar-refractivity contribution in [2.75, 3.05) is 20.0 Å². The van der Waals surface area contributed by atoms with Gasteiger partial charge in [-0.2, -0.15) is 0 Å². The molecule has 0 bridgehead atoms. The topological polar surface area (TPSA) is 77.3 Å². The van der Waals surface area contributed by atoms with Gasteiger partial charge in [0.25, 0.3) is 0 Å². The Hall–Kier alpha value is -2.17. The highest BCUT2D eigenvalue weighted by Crippen LogP contribution is 2.34. The molecule has 0 saturated heterocycles. The van der Waals surface area contributed by atoms with Gasteiger partial charge in [-0.15, -0.1) is 0 Å². The fourth-order valence-electron chi connectivity index (χ4n) is 1.91. The molecule has 1 aromatic carbocycles. The lowest BCUT2D eigenvalue weighted by atomic mass is 10.1. The lowest BCUT2D eigenvalue weighted by Gasteiger charge is -2.08. The Bertz CT molecular complexity index is 587. The molecule has 0 atom stereocenters. The average molecular weight is 234 g/mol. The maximum atomic E-state index is 11.4. The van der Waals surface area contributed by atoms with E-state index in [0.717, 1.165) is 16.5 Å². The summed E-state index contributed by atoms with van der Waals surface area (Å²) >= 11 is 0. The minimum Gasteiger partial charge on any atom is -0.494 e. The third kappa shape index (κ3) is 1.69. The quantitative estimate of drug-likeness (QED) is 0.614. The molecule has 0 spiro atoms. The highest BCUT2D eigenvalue weighted by atomic mass is 16.5.